The molecule has 0 saturated heterocycles. The van der Waals surface area contributed by atoms with Crippen molar-refractivity contribution in [1.82, 2.24) is 0 Å². The van der Waals surface area contributed by atoms with Gasteiger partial charge in [-0.15, -0.1) is 0 Å². The summed E-state index contributed by atoms with van der Waals surface area (Å²) in [7, 11) is 0. The average molecular weight is 230 g/mol. The Kier molecular flexibility index (Phi) is 7.20. The number of esters is 2. The van der Waals surface area contributed by atoms with Gasteiger partial charge in [-0.25, -0.2) is 4.79 Å². The Balaban J connectivity index is 3.65. The summed E-state index contributed by atoms with van der Waals surface area (Å²) in [6, 6.07) is 0. The van der Waals surface area contributed by atoms with E-state index in [2.05, 4.69) is 6.58 Å². The van der Waals surface area contributed by atoms with Crippen molar-refractivity contribution in [3.8, 4) is 0 Å². The standard InChI is InChI=1S/C11H18O5/c1-5-11(13)16-9(3)7-14-8(2)6-15-10(4)12/h5,8-9H,1,6-7H2,2-4H3. The van der Waals surface area contributed by atoms with Gasteiger partial charge in [0.25, 0.3) is 0 Å². The molecular weight excluding hydrogens is 212 g/mol. The first-order chi connectivity index (χ1) is 7.45. The molecule has 0 aliphatic heterocycles. The van der Waals surface area contributed by atoms with Gasteiger partial charge in [-0.3, -0.25) is 4.79 Å². The van der Waals surface area contributed by atoms with E-state index in [0.717, 1.165) is 6.08 Å². The van der Waals surface area contributed by atoms with Gasteiger partial charge < -0.3 is 14.2 Å². The van der Waals surface area contributed by atoms with Crippen LogP contribution >= 0.6 is 0 Å². The van der Waals surface area contributed by atoms with E-state index in [1.807, 2.05) is 0 Å². The lowest BCUT2D eigenvalue weighted by Crippen LogP contribution is -2.25. The van der Waals surface area contributed by atoms with E-state index in [9.17, 15) is 9.59 Å². The summed E-state index contributed by atoms with van der Waals surface area (Å²) in [5.74, 6) is -0.828. The number of hydrogen-bond donors (Lipinski definition) is 0. The monoisotopic (exact) mass is 230 g/mol. The van der Waals surface area contributed by atoms with Crippen LogP contribution in [0.4, 0.5) is 0 Å². The van der Waals surface area contributed by atoms with E-state index in [1.54, 1.807) is 13.8 Å². The van der Waals surface area contributed by atoms with Crippen molar-refractivity contribution in [2.45, 2.75) is 33.0 Å². The summed E-state index contributed by atoms with van der Waals surface area (Å²) < 4.78 is 14.9. The first-order valence-electron chi connectivity index (χ1n) is 5.03. The number of hydrogen-bond acceptors (Lipinski definition) is 5. The van der Waals surface area contributed by atoms with Crippen molar-refractivity contribution in [1.29, 1.82) is 0 Å². The van der Waals surface area contributed by atoms with Gasteiger partial charge in [0.2, 0.25) is 0 Å². The van der Waals surface area contributed by atoms with E-state index < -0.39 is 5.97 Å². The Hall–Kier alpha value is -1.36. The highest BCUT2D eigenvalue weighted by Gasteiger charge is 2.10. The van der Waals surface area contributed by atoms with Gasteiger partial charge in [-0.1, -0.05) is 6.58 Å². The van der Waals surface area contributed by atoms with Gasteiger partial charge in [0.15, 0.2) is 0 Å². The summed E-state index contributed by atoms with van der Waals surface area (Å²) in [4.78, 5) is 21.3. The van der Waals surface area contributed by atoms with Crippen LogP contribution in [0.2, 0.25) is 0 Å². The zero-order chi connectivity index (χ0) is 12.6. The maximum atomic E-state index is 10.8. The molecule has 0 aliphatic carbocycles. The second-order valence-corrected chi connectivity index (χ2v) is 3.40. The highest BCUT2D eigenvalue weighted by Crippen LogP contribution is 1.98. The largest absolute Gasteiger partial charge is 0.463 e. The minimum absolute atomic E-state index is 0.192. The Morgan fingerprint density at radius 3 is 2.38 bits per heavy atom. The van der Waals surface area contributed by atoms with Crippen LogP contribution in [0.1, 0.15) is 20.8 Å². The van der Waals surface area contributed by atoms with Crippen LogP contribution < -0.4 is 0 Å². The van der Waals surface area contributed by atoms with Crippen LogP contribution in [-0.2, 0) is 23.8 Å². The molecule has 0 rings (SSSR count). The molecule has 5 heteroatoms. The molecule has 0 aromatic heterocycles. The molecule has 0 aliphatic rings. The van der Waals surface area contributed by atoms with E-state index in [4.69, 9.17) is 14.2 Å². The minimum atomic E-state index is -0.483. The topological polar surface area (TPSA) is 61.8 Å². The van der Waals surface area contributed by atoms with Crippen LogP contribution in [0.25, 0.3) is 0 Å². The SMILES string of the molecule is C=CC(=O)OC(C)COC(C)COC(C)=O. The zero-order valence-corrected chi connectivity index (χ0v) is 9.89. The van der Waals surface area contributed by atoms with E-state index in [0.29, 0.717) is 0 Å². The predicted molar refractivity (Wildman–Crippen MR) is 57.8 cm³/mol. The Bertz CT molecular complexity index is 249. The lowest BCUT2D eigenvalue weighted by molar-refractivity contribution is -0.149. The van der Waals surface area contributed by atoms with E-state index in [1.165, 1.54) is 6.92 Å². The van der Waals surface area contributed by atoms with Crippen molar-refractivity contribution in [3.05, 3.63) is 12.7 Å². The fraction of sp³-hybridized carbons (Fsp3) is 0.636. The van der Waals surface area contributed by atoms with Gasteiger partial charge in [0, 0.05) is 13.0 Å². The fourth-order valence-corrected chi connectivity index (χ4v) is 0.863. The van der Waals surface area contributed by atoms with Crippen molar-refractivity contribution >= 4 is 11.9 Å². The van der Waals surface area contributed by atoms with Crippen molar-refractivity contribution in [2.24, 2.45) is 0 Å². The third kappa shape index (κ3) is 7.99. The van der Waals surface area contributed by atoms with E-state index in [-0.39, 0.29) is 31.4 Å². The van der Waals surface area contributed by atoms with Crippen LogP contribution in [0.15, 0.2) is 12.7 Å². The molecule has 0 aromatic carbocycles. The van der Waals surface area contributed by atoms with Crippen LogP contribution in [0.3, 0.4) is 0 Å². The molecule has 0 spiro atoms. The summed E-state index contributed by atoms with van der Waals surface area (Å²) in [6.45, 7) is 8.54. The maximum absolute atomic E-state index is 10.8. The summed E-state index contributed by atoms with van der Waals surface area (Å²) in [6.07, 6.45) is 0.512. The molecular formula is C11H18O5. The lowest BCUT2D eigenvalue weighted by atomic mass is 10.4. The Morgan fingerprint density at radius 1 is 1.25 bits per heavy atom. The number of rotatable bonds is 7. The van der Waals surface area contributed by atoms with E-state index >= 15 is 0 Å². The van der Waals surface area contributed by atoms with Crippen molar-refractivity contribution < 1.29 is 23.8 Å². The maximum Gasteiger partial charge on any atom is 0.330 e. The highest BCUT2D eigenvalue weighted by atomic mass is 16.6. The van der Waals surface area contributed by atoms with Gasteiger partial charge in [-0.2, -0.15) is 0 Å². The molecule has 0 aromatic rings. The average Bonchev–Trinajstić information content (AvgIpc) is 2.23. The van der Waals surface area contributed by atoms with Gasteiger partial charge in [0.05, 0.1) is 12.7 Å². The molecule has 0 heterocycles. The number of carbonyl (C=O) groups is 2. The predicted octanol–water partition coefficient (Wildman–Crippen LogP) is 1.07. The molecule has 2 unspecified atom stereocenters. The lowest BCUT2D eigenvalue weighted by Gasteiger charge is -2.16. The molecule has 0 N–H and O–H groups in total. The normalized spacial score (nSPS) is 13.7. The second-order valence-electron chi connectivity index (χ2n) is 3.40. The number of carbonyl (C=O) groups excluding carboxylic acids is 2. The third-order valence-corrected chi connectivity index (χ3v) is 1.62. The minimum Gasteiger partial charge on any atom is -0.463 e. The third-order valence-electron chi connectivity index (χ3n) is 1.62. The van der Waals surface area contributed by atoms with Gasteiger partial charge >= 0.3 is 11.9 Å². The Labute approximate surface area is 95.4 Å². The second kappa shape index (κ2) is 7.87. The zero-order valence-electron chi connectivity index (χ0n) is 9.89. The Morgan fingerprint density at radius 2 is 1.88 bits per heavy atom. The van der Waals surface area contributed by atoms with Crippen LogP contribution in [-0.4, -0.2) is 37.4 Å². The molecule has 2 atom stereocenters. The molecule has 16 heavy (non-hydrogen) atoms. The van der Waals surface area contributed by atoms with Crippen molar-refractivity contribution in [2.75, 3.05) is 13.2 Å². The number of ether oxygens (including phenoxy) is 3. The molecule has 0 amide bonds. The summed E-state index contributed by atoms with van der Waals surface area (Å²) >= 11 is 0. The smallest absolute Gasteiger partial charge is 0.330 e. The molecule has 0 bridgehead atoms. The first kappa shape index (κ1) is 14.6. The molecule has 0 saturated carbocycles. The van der Waals surface area contributed by atoms with Gasteiger partial charge in [0.1, 0.15) is 12.7 Å². The quantitative estimate of drug-likeness (QED) is 0.483. The molecule has 92 valence electrons. The van der Waals surface area contributed by atoms with Crippen LogP contribution in [0, 0.1) is 0 Å². The van der Waals surface area contributed by atoms with Gasteiger partial charge in [-0.05, 0) is 13.8 Å². The highest BCUT2D eigenvalue weighted by molar-refractivity contribution is 5.81. The van der Waals surface area contributed by atoms with Crippen molar-refractivity contribution in [3.63, 3.8) is 0 Å². The summed E-state index contributed by atoms with van der Waals surface area (Å²) in [5, 5.41) is 0. The fourth-order valence-electron chi connectivity index (χ4n) is 0.863. The molecule has 0 fully saturated rings. The molecule has 5 nitrogen and oxygen atoms in total. The first-order valence-corrected chi connectivity index (χ1v) is 5.03. The summed E-state index contributed by atoms with van der Waals surface area (Å²) in [5.41, 5.74) is 0. The molecule has 0 radical (unpaired) electrons. The van der Waals surface area contributed by atoms with Crippen LogP contribution in [0.5, 0.6) is 0 Å².